The minimum atomic E-state index is -0.632. The summed E-state index contributed by atoms with van der Waals surface area (Å²) in [6.45, 7) is 5.30. The molecular weight excluding hydrogens is 302 g/mol. The monoisotopic (exact) mass is 327 g/mol. The van der Waals surface area contributed by atoms with Crippen LogP contribution in [0.4, 0.5) is 9.59 Å². The third-order valence-corrected chi connectivity index (χ3v) is 4.00. The fourth-order valence-electron chi connectivity index (χ4n) is 3.00. The van der Waals surface area contributed by atoms with Crippen molar-refractivity contribution in [2.45, 2.75) is 63.8 Å². The van der Waals surface area contributed by atoms with Gasteiger partial charge in [-0.25, -0.2) is 9.59 Å². The van der Waals surface area contributed by atoms with E-state index < -0.39 is 35.9 Å². The summed E-state index contributed by atoms with van der Waals surface area (Å²) in [5, 5.41) is 12.7. The average molecular weight is 327 g/mol. The van der Waals surface area contributed by atoms with Crippen LogP contribution in [-0.2, 0) is 9.53 Å². The van der Waals surface area contributed by atoms with Crippen LogP contribution in [0, 0.1) is 0 Å². The van der Waals surface area contributed by atoms with Gasteiger partial charge in [-0.05, 0) is 40.0 Å². The van der Waals surface area contributed by atoms with Gasteiger partial charge in [0.05, 0.1) is 18.2 Å². The highest BCUT2D eigenvalue weighted by atomic mass is 16.6. The summed E-state index contributed by atoms with van der Waals surface area (Å²) in [6.07, 6.45) is 0.0558. The Hall–Kier alpha value is -1.83. The maximum absolute atomic E-state index is 12.2. The molecule has 2 aliphatic rings. The first-order valence-electron chi connectivity index (χ1n) is 7.83. The van der Waals surface area contributed by atoms with Crippen molar-refractivity contribution in [3.8, 4) is 0 Å². The van der Waals surface area contributed by atoms with Gasteiger partial charge in [0.2, 0.25) is 0 Å². The Bertz CT molecular complexity index is 502. The van der Waals surface area contributed by atoms with Crippen molar-refractivity contribution >= 4 is 18.0 Å². The van der Waals surface area contributed by atoms with Crippen LogP contribution < -0.4 is 5.32 Å². The minimum absolute atomic E-state index is 0.0184. The topological polar surface area (TPSA) is 99.2 Å². The maximum Gasteiger partial charge on any atom is 0.407 e. The molecule has 3 atom stereocenters. The summed E-state index contributed by atoms with van der Waals surface area (Å²) in [5.41, 5.74) is -0.632. The quantitative estimate of drug-likeness (QED) is 0.727. The van der Waals surface area contributed by atoms with Crippen LogP contribution in [0.3, 0.4) is 0 Å². The number of likely N-dealkylation sites (N-methyl/N-ethyl adjacent to an activating group) is 1. The molecule has 1 aliphatic carbocycles. The normalized spacial score (nSPS) is 29.0. The number of aliphatic hydroxyl groups is 1. The van der Waals surface area contributed by atoms with Gasteiger partial charge < -0.3 is 20.1 Å². The number of alkyl carbamates (subject to hydrolysis) is 1. The molecule has 1 saturated carbocycles. The molecule has 3 unspecified atom stereocenters. The molecular formula is C15H25N3O5. The van der Waals surface area contributed by atoms with E-state index >= 15 is 0 Å². The first kappa shape index (κ1) is 17.5. The number of carbonyl (C=O) groups is 3. The van der Waals surface area contributed by atoms with Crippen LogP contribution in [0.2, 0.25) is 0 Å². The third-order valence-electron chi connectivity index (χ3n) is 4.00. The molecule has 0 aromatic rings. The smallest absolute Gasteiger partial charge is 0.407 e. The summed E-state index contributed by atoms with van der Waals surface area (Å²) >= 11 is 0. The Morgan fingerprint density at radius 3 is 2.48 bits per heavy atom. The Morgan fingerprint density at radius 2 is 1.96 bits per heavy atom. The van der Waals surface area contributed by atoms with E-state index in [1.807, 2.05) is 0 Å². The number of amides is 4. The number of carbonyl (C=O) groups excluding carboxylic acids is 3. The van der Waals surface area contributed by atoms with Gasteiger partial charge in [0, 0.05) is 7.05 Å². The second-order valence-electron chi connectivity index (χ2n) is 7.19. The van der Waals surface area contributed by atoms with Crippen LogP contribution >= 0.6 is 0 Å². The van der Waals surface area contributed by atoms with E-state index in [2.05, 4.69) is 5.32 Å². The highest BCUT2D eigenvalue weighted by Crippen LogP contribution is 2.27. The number of urea groups is 1. The van der Waals surface area contributed by atoms with E-state index in [1.54, 1.807) is 27.8 Å². The van der Waals surface area contributed by atoms with Crippen LogP contribution in [0.5, 0.6) is 0 Å². The molecule has 8 heteroatoms. The van der Waals surface area contributed by atoms with Crippen LogP contribution in [0.25, 0.3) is 0 Å². The van der Waals surface area contributed by atoms with Crippen molar-refractivity contribution in [2.24, 2.45) is 0 Å². The number of nitrogens with one attached hydrogen (secondary N) is 1. The van der Waals surface area contributed by atoms with E-state index in [0.29, 0.717) is 12.8 Å². The number of rotatable bonds is 2. The summed E-state index contributed by atoms with van der Waals surface area (Å²) in [6, 6.07) is -1.38. The van der Waals surface area contributed by atoms with Crippen LogP contribution in [0.1, 0.15) is 40.0 Å². The average Bonchev–Trinajstić information content (AvgIpc) is 2.63. The molecule has 1 saturated heterocycles. The molecule has 0 radical (unpaired) electrons. The van der Waals surface area contributed by atoms with Crippen molar-refractivity contribution in [2.75, 3.05) is 13.6 Å². The van der Waals surface area contributed by atoms with Crippen LogP contribution in [0.15, 0.2) is 0 Å². The van der Waals surface area contributed by atoms with Gasteiger partial charge >= 0.3 is 12.1 Å². The van der Waals surface area contributed by atoms with Crippen LogP contribution in [-0.4, -0.2) is 70.3 Å². The Morgan fingerprint density at radius 1 is 1.30 bits per heavy atom. The summed E-state index contributed by atoms with van der Waals surface area (Å²) in [7, 11) is 1.55. The summed E-state index contributed by atoms with van der Waals surface area (Å²) in [5.74, 6) is -0.312. The van der Waals surface area contributed by atoms with Crippen molar-refractivity contribution < 1.29 is 24.2 Å². The second-order valence-corrected chi connectivity index (χ2v) is 7.19. The molecule has 0 aromatic carbocycles. The predicted octanol–water partition coefficient (Wildman–Crippen LogP) is 0.687. The van der Waals surface area contributed by atoms with E-state index in [1.165, 1.54) is 4.90 Å². The lowest BCUT2D eigenvalue weighted by Crippen LogP contribution is -2.57. The number of ether oxygens (including phenoxy) is 1. The lowest BCUT2D eigenvalue weighted by Gasteiger charge is -2.38. The van der Waals surface area contributed by atoms with Crippen molar-refractivity contribution in [3.63, 3.8) is 0 Å². The fourth-order valence-corrected chi connectivity index (χ4v) is 3.00. The molecule has 2 N–H and O–H groups in total. The fraction of sp³-hybridized carbons (Fsp3) is 0.800. The zero-order valence-corrected chi connectivity index (χ0v) is 14.0. The molecule has 2 rings (SSSR count). The first-order chi connectivity index (χ1) is 10.6. The van der Waals surface area contributed by atoms with E-state index in [-0.39, 0.29) is 18.9 Å². The van der Waals surface area contributed by atoms with Crippen molar-refractivity contribution in [3.05, 3.63) is 0 Å². The largest absolute Gasteiger partial charge is 0.444 e. The van der Waals surface area contributed by atoms with E-state index in [4.69, 9.17) is 4.74 Å². The Kier molecular flexibility index (Phi) is 4.84. The molecule has 0 spiro atoms. The number of hydrogen-bond donors (Lipinski definition) is 2. The maximum atomic E-state index is 12.2. The standard InChI is InChI=1S/C15H25N3O5/c1-15(2,3)23-13(21)16-10-6-5-9(19)7-11(10)18-12(20)8-17(4)14(18)22/h9-11,19H,5-8H2,1-4H3,(H,16,21). The molecule has 1 heterocycles. The molecule has 8 nitrogen and oxygen atoms in total. The molecule has 130 valence electrons. The highest BCUT2D eigenvalue weighted by molar-refractivity contribution is 6.02. The van der Waals surface area contributed by atoms with E-state index in [0.717, 1.165) is 4.90 Å². The lowest BCUT2D eigenvalue weighted by molar-refractivity contribution is -0.128. The number of nitrogens with zero attached hydrogens (tertiary/aromatic N) is 2. The Labute approximate surface area is 135 Å². The highest BCUT2D eigenvalue weighted by Gasteiger charge is 2.45. The Balaban J connectivity index is 2.12. The van der Waals surface area contributed by atoms with Gasteiger partial charge in [-0.15, -0.1) is 0 Å². The van der Waals surface area contributed by atoms with Gasteiger partial charge in [-0.2, -0.15) is 0 Å². The van der Waals surface area contributed by atoms with Crippen molar-refractivity contribution in [1.82, 2.24) is 15.1 Å². The molecule has 0 aromatic heterocycles. The van der Waals surface area contributed by atoms with Gasteiger partial charge in [0.1, 0.15) is 12.1 Å². The van der Waals surface area contributed by atoms with Gasteiger partial charge in [-0.3, -0.25) is 9.69 Å². The van der Waals surface area contributed by atoms with Gasteiger partial charge in [0.15, 0.2) is 0 Å². The molecule has 4 amide bonds. The zero-order valence-electron chi connectivity index (χ0n) is 14.0. The SMILES string of the molecule is CN1CC(=O)N(C2CC(O)CCC2NC(=O)OC(C)(C)C)C1=O. The van der Waals surface area contributed by atoms with E-state index in [9.17, 15) is 19.5 Å². The molecule has 23 heavy (non-hydrogen) atoms. The molecule has 2 fully saturated rings. The second kappa shape index (κ2) is 6.35. The minimum Gasteiger partial charge on any atom is -0.444 e. The third kappa shape index (κ3) is 4.13. The number of hydrogen-bond acceptors (Lipinski definition) is 5. The predicted molar refractivity (Wildman–Crippen MR) is 81.7 cm³/mol. The number of imide groups is 1. The van der Waals surface area contributed by atoms with Crippen molar-refractivity contribution in [1.29, 1.82) is 0 Å². The first-order valence-corrected chi connectivity index (χ1v) is 7.83. The summed E-state index contributed by atoms with van der Waals surface area (Å²) in [4.78, 5) is 38.8. The van der Waals surface area contributed by atoms with Gasteiger partial charge in [-0.1, -0.05) is 0 Å². The lowest BCUT2D eigenvalue weighted by atomic mass is 9.87. The number of aliphatic hydroxyl groups excluding tert-OH is 1. The molecule has 0 bridgehead atoms. The van der Waals surface area contributed by atoms with Gasteiger partial charge in [0.25, 0.3) is 5.91 Å². The summed E-state index contributed by atoms with van der Waals surface area (Å²) < 4.78 is 5.24. The zero-order chi connectivity index (χ0) is 17.4. The molecule has 1 aliphatic heterocycles.